The summed E-state index contributed by atoms with van der Waals surface area (Å²) in [5.41, 5.74) is 0.347. The molecule has 0 aliphatic carbocycles. The van der Waals surface area contributed by atoms with Gasteiger partial charge in [-0.25, -0.2) is 4.79 Å². The molecule has 21 heavy (non-hydrogen) atoms. The number of carbonyl (C=O) groups excluding carboxylic acids is 1. The van der Waals surface area contributed by atoms with E-state index >= 15 is 0 Å². The molecule has 0 aliphatic rings. The van der Waals surface area contributed by atoms with Crippen LogP contribution in [0.25, 0.3) is 0 Å². The first kappa shape index (κ1) is 16.8. The van der Waals surface area contributed by atoms with Gasteiger partial charge in [0.05, 0.1) is 12.2 Å². The Kier molecular flexibility index (Phi) is 5.96. The normalized spacial score (nSPS) is 11.1. The van der Waals surface area contributed by atoms with Crippen molar-refractivity contribution < 1.29 is 24.2 Å². The van der Waals surface area contributed by atoms with Crippen molar-refractivity contribution in [1.82, 2.24) is 0 Å². The molecule has 0 aliphatic heterocycles. The number of rotatable bonds is 7. The van der Waals surface area contributed by atoms with Crippen molar-refractivity contribution in [2.75, 3.05) is 0 Å². The first-order chi connectivity index (χ1) is 9.79. The number of aliphatic carboxylic acids is 1. The lowest BCUT2D eigenvalue weighted by Gasteiger charge is -2.17. The van der Waals surface area contributed by atoms with Crippen LogP contribution < -0.4 is 9.47 Å². The van der Waals surface area contributed by atoms with Crippen LogP contribution in [0.5, 0.6) is 11.5 Å². The van der Waals surface area contributed by atoms with Crippen LogP contribution in [-0.2, 0) is 4.79 Å². The molecule has 0 saturated carbocycles. The van der Waals surface area contributed by atoms with Crippen molar-refractivity contribution in [3.8, 4) is 11.5 Å². The maximum atomic E-state index is 11.9. The zero-order valence-electron chi connectivity index (χ0n) is 12.6. The van der Waals surface area contributed by atoms with E-state index in [0.29, 0.717) is 17.1 Å². The summed E-state index contributed by atoms with van der Waals surface area (Å²) in [7, 11) is 0. The van der Waals surface area contributed by atoms with Gasteiger partial charge in [-0.15, -0.1) is 0 Å². The average Bonchev–Trinajstić information content (AvgIpc) is 2.36. The lowest BCUT2D eigenvalue weighted by Crippen LogP contribution is -2.11. The molecule has 0 aromatic heterocycles. The Morgan fingerprint density at radius 2 is 1.57 bits per heavy atom. The Bertz CT molecular complexity index is 544. The largest absolute Gasteiger partial charge is 0.487 e. The molecule has 0 amide bonds. The lowest BCUT2D eigenvalue weighted by molar-refractivity contribution is -0.131. The van der Waals surface area contributed by atoms with Gasteiger partial charge in [0.2, 0.25) is 0 Å². The Balaban J connectivity index is 3.08. The average molecular weight is 292 g/mol. The molecule has 0 fully saturated rings. The predicted molar refractivity (Wildman–Crippen MR) is 79.1 cm³/mol. The lowest BCUT2D eigenvalue weighted by atomic mass is 10.1. The van der Waals surface area contributed by atoms with E-state index in [2.05, 4.69) is 0 Å². The molecule has 114 valence electrons. The van der Waals surface area contributed by atoms with E-state index in [-0.39, 0.29) is 12.2 Å². The Morgan fingerprint density at radius 3 is 2.10 bits per heavy atom. The van der Waals surface area contributed by atoms with Crippen molar-refractivity contribution in [2.45, 2.75) is 39.9 Å². The van der Waals surface area contributed by atoms with Crippen molar-refractivity contribution in [3.63, 3.8) is 0 Å². The molecule has 0 heterocycles. The highest BCUT2D eigenvalue weighted by Crippen LogP contribution is 2.30. The van der Waals surface area contributed by atoms with Crippen molar-refractivity contribution in [3.05, 3.63) is 35.9 Å². The van der Waals surface area contributed by atoms with Gasteiger partial charge in [-0.1, -0.05) is 0 Å². The Hall–Kier alpha value is -2.30. The first-order valence-corrected chi connectivity index (χ1v) is 6.72. The van der Waals surface area contributed by atoms with Crippen LogP contribution in [0.3, 0.4) is 0 Å². The fraction of sp³-hybridized carbons (Fsp3) is 0.375. The zero-order valence-corrected chi connectivity index (χ0v) is 12.6. The predicted octanol–water partition coefficient (Wildman–Crippen LogP) is 3.08. The zero-order chi connectivity index (χ0) is 16.0. The van der Waals surface area contributed by atoms with E-state index < -0.39 is 11.8 Å². The number of carboxylic acid groups (broad SMARTS) is 1. The summed E-state index contributed by atoms with van der Waals surface area (Å²) in [5, 5.41) is 8.54. The maximum absolute atomic E-state index is 11.9. The number of hydrogen-bond acceptors (Lipinski definition) is 4. The second kappa shape index (κ2) is 7.47. The van der Waals surface area contributed by atoms with E-state index in [0.717, 1.165) is 12.2 Å². The summed E-state index contributed by atoms with van der Waals surface area (Å²) < 4.78 is 11.3. The summed E-state index contributed by atoms with van der Waals surface area (Å²) >= 11 is 0. The quantitative estimate of drug-likeness (QED) is 0.617. The molecule has 5 heteroatoms. The molecule has 1 N–H and O–H groups in total. The molecule has 5 nitrogen and oxygen atoms in total. The molecule has 0 unspecified atom stereocenters. The van der Waals surface area contributed by atoms with Crippen LogP contribution in [0.4, 0.5) is 0 Å². The molecule has 1 aromatic rings. The number of carbonyl (C=O) groups is 2. The summed E-state index contributed by atoms with van der Waals surface area (Å²) in [4.78, 5) is 22.3. The van der Waals surface area contributed by atoms with Gasteiger partial charge in [0.25, 0.3) is 0 Å². The topological polar surface area (TPSA) is 72.8 Å². The van der Waals surface area contributed by atoms with Gasteiger partial charge >= 0.3 is 5.97 Å². The highest BCUT2D eigenvalue weighted by molar-refractivity contribution is 6.07. The second-order valence-corrected chi connectivity index (χ2v) is 5.03. The third-order valence-electron chi connectivity index (χ3n) is 2.33. The third kappa shape index (κ3) is 5.69. The summed E-state index contributed by atoms with van der Waals surface area (Å²) in [6.45, 7) is 7.54. The van der Waals surface area contributed by atoms with Gasteiger partial charge in [-0.3, -0.25) is 4.79 Å². The van der Waals surface area contributed by atoms with E-state index in [1.807, 2.05) is 27.7 Å². The van der Waals surface area contributed by atoms with Gasteiger partial charge in [0.1, 0.15) is 0 Å². The van der Waals surface area contributed by atoms with Gasteiger partial charge in [0.15, 0.2) is 17.3 Å². The van der Waals surface area contributed by atoms with Crippen LogP contribution in [-0.4, -0.2) is 29.1 Å². The van der Waals surface area contributed by atoms with E-state index in [9.17, 15) is 9.59 Å². The monoisotopic (exact) mass is 292 g/mol. The van der Waals surface area contributed by atoms with Gasteiger partial charge in [-0.2, -0.15) is 0 Å². The number of ether oxygens (including phenoxy) is 2. The summed E-state index contributed by atoms with van der Waals surface area (Å²) in [6, 6.07) is 4.80. The molecule has 1 rings (SSSR count). The van der Waals surface area contributed by atoms with Gasteiger partial charge in [-0.05, 0) is 52.0 Å². The maximum Gasteiger partial charge on any atom is 0.328 e. The number of benzene rings is 1. The number of allylic oxidation sites excluding steroid dienone is 1. The highest BCUT2D eigenvalue weighted by Gasteiger charge is 2.12. The van der Waals surface area contributed by atoms with Crippen molar-refractivity contribution in [1.29, 1.82) is 0 Å². The summed E-state index contributed by atoms with van der Waals surface area (Å²) in [5.74, 6) is -0.547. The standard InChI is InChI=1S/C16H20O5/c1-10(2)20-14-7-5-12(9-15(14)21-11(3)4)13(17)6-8-16(18)19/h5-11H,1-4H3,(H,18,19)/b8-6+. The number of ketones is 1. The minimum absolute atomic E-state index is 0.0204. The van der Waals surface area contributed by atoms with Crippen LogP contribution >= 0.6 is 0 Å². The fourth-order valence-electron chi connectivity index (χ4n) is 1.60. The van der Waals surface area contributed by atoms with Crippen LogP contribution in [0.2, 0.25) is 0 Å². The minimum atomic E-state index is -1.17. The van der Waals surface area contributed by atoms with E-state index in [4.69, 9.17) is 14.6 Å². The van der Waals surface area contributed by atoms with Gasteiger partial charge < -0.3 is 14.6 Å². The van der Waals surface area contributed by atoms with Crippen LogP contribution in [0, 0.1) is 0 Å². The SMILES string of the molecule is CC(C)Oc1ccc(C(=O)/C=C/C(=O)O)cc1OC(C)C. The smallest absolute Gasteiger partial charge is 0.328 e. The second-order valence-electron chi connectivity index (χ2n) is 5.03. The highest BCUT2D eigenvalue weighted by atomic mass is 16.5. The molecule has 0 radical (unpaired) electrons. The van der Waals surface area contributed by atoms with Crippen molar-refractivity contribution in [2.24, 2.45) is 0 Å². The molecular weight excluding hydrogens is 272 g/mol. The fourth-order valence-corrected chi connectivity index (χ4v) is 1.60. The first-order valence-electron chi connectivity index (χ1n) is 6.72. The van der Waals surface area contributed by atoms with Crippen molar-refractivity contribution >= 4 is 11.8 Å². The molecule has 0 saturated heterocycles. The number of carboxylic acids is 1. The molecule has 1 aromatic carbocycles. The van der Waals surface area contributed by atoms with Crippen LogP contribution in [0.15, 0.2) is 30.4 Å². The molecule has 0 spiro atoms. The number of hydrogen-bond donors (Lipinski definition) is 1. The third-order valence-corrected chi connectivity index (χ3v) is 2.33. The minimum Gasteiger partial charge on any atom is -0.487 e. The van der Waals surface area contributed by atoms with Crippen LogP contribution in [0.1, 0.15) is 38.1 Å². The Labute approximate surface area is 124 Å². The van der Waals surface area contributed by atoms with E-state index in [1.54, 1.807) is 18.2 Å². The van der Waals surface area contributed by atoms with Gasteiger partial charge in [0, 0.05) is 11.6 Å². The van der Waals surface area contributed by atoms with E-state index in [1.165, 1.54) is 0 Å². The summed E-state index contributed by atoms with van der Waals surface area (Å²) in [6.07, 6.45) is 1.73. The molecular formula is C16H20O5. The molecule has 0 bridgehead atoms. The molecule has 0 atom stereocenters. The Morgan fingerprint density at radius 1 is 1.00 bits per heavy atom.